The molecule has 18 heavy (non-hydrogen) atoms. The monoisotopic (exact) mass is 263 g/mol. The molecule has 0 aliphatic carbocycles. The first-order valence-corrected chi connectivity index (χ1v) is 6.63. The molecule has 0 aliphatic rings. The minimum Gasteiger partial charge on any atom is -0.348 e. The minimum atomic E-state index is 0.380. The highest BCUT2D eigenvalue weighted by Gasteiger charge is 2.08. The van der Waals surface area contributed by atoms with E-state index in [1.165, 1.54) is 5.56 Å². The summed E-state index contributed by atoms with van der Waals surface area (Å²) in [5.74, 6) is 0. The van der Waals surface area contributed by atoms with Gasteiger partial charge in [0.25, 0.3) is 0 Å². The smallest absolute Gasteiger partial charge is 0.0921 e. The van der Waals surface area contributed by atoms with Crippen molar-refractivity contribution in [1.29, 1.82) is 0 Å². The average molecular weight is 264 g/mol. The number of hydrogen-bond acceptors (Lipinski definition) is 2. The molecule has 1 aromatic heterocycles. The van der Waals surface area contributed by atoms with E-state index >= 15 is 0 Å². The molecule has 0 aliphatic heterocycles. The highest BCUT2D eigenvalue weighted by molar-refractivity contribution is 6.30. The molecule has 1 atom stereocenters. The molecule has 0 fully saturated rings. The summed E-state index contributed by atoms with van der Waals surface area (Å²) in [6.07, 6.45) is 5.60. The van der Waals surface area contributed by atoms with Crippen LogP contribution in [0.3, 0.4) is 0 Å². The summed E-state index contributed by atoms with van der Waals surface area (Å²) in [5.41, 5.74) is 2.44. The maximum Gasteiger partial charge on any atom is 0.0921 e. The van der Waals surface area contributed by atoms with E-state index in [2.05, 4.69) is 34.3 Å². The van der Waals surface area contributed by atoms with Gasteiger partial charge in [0.15, 0.2) is 0 Å². The van der Waals surface area contributed by atoms with Crippen molar-refractivity contribution in [2.24, 2.45) is 0 Å². The van der Waals surface area contributed by atoms with Crippen LogP contribution in [0, 0.1) is 0 Å². The molecule has 1 aromatic carbocycles. The molecule has 0 saturated heterocycles. The molecule has 3 nitrogen and oxygen atoms in total. The average Bonchev–Trinajstić information content (AvgIpc) is 2.89. The van der Waals surface area contributed by atoms with Crippen LogP contribution in [-0.4, -0.2) is 16.5 Å². The largest absolute Gasteiger partial charge is 0.348 e. The number of aromatic amines is 1. The number of imidazole rings is 1. The van der Waals surface area contributed by atoms with E-state index in [1.807, 2.05) is 18.3 Å². The number of nitrogens with zero attached hydrogens (tertiary/aromatic N) is 1. The Balaban J connectivity index is 1.87. The standard InChI is InChI=1S/C14H18ClN3/c1-2-14(11-3-5-12(15)6-4-11)17-8-7-13-9-16-10-18-13/h3-6,9-10,14,17H,2,7-8H2,1H3,(H,16,18). The van der Waals surface area contributed by atoms with Crippen molar-refractivity contribution in [3.8, 4) is 0 Å². The molecule has 1 heterocycles. The number of aromatic nitrogens is 2. The van der Waals surface area contributed by atoms with Crippen molar-refractivity contribution < 1.29 is 0 Å². The van der Waals surface area contributed by atoms with Crippen LogP contribution in [0.4, 0.5) is 0 Å². The first-order valence-electron chi connectivity index (χ1n) is 6.25. The lowest BCUT2D eigenvalue weighted by Crippen LogP contribution is -2.23. The van der Waals surface area contributed by atoms with Gasteiger partial charge in [0, 0.05) is 35.9 Å². The maximum atomic E-state index is 5.90. The summed E-state index contributed by atoms with van der Waals surface area (Å²) < 4.78 is 0. The van der Waals surface area contributed by atoms with Crippen molar-refractivity contribution >= 4 is 11.6 Å². The fourth-order valence-corrected chi connectivity index (χ4v) is 2.12. The second-order valence-corrected chi connectivity index (χ2v) is 4.73. The third-order valence-electron chi connectivity index (χ3n) is 3.02. The molecule has 96 valence electrons. The molecule has 2 N–H and O–H groups in total. The van der Waals surface area contributed by atoms with Crippen LogP contribution in [0.25, 0.3) is 0 Å². The van der Waals surface area contributed by atoms with Gasteiger partial charge in [0.2, 0.25) is 0 Å². The Labute approximate surface area is 113 Å². The summed E-state index contributed by atoms with van der Waals surface area (Å²) in [4.78, 5) is 7.12. The van der Waals surface area contributed by atoms with E-state index in [0.29, 0.717) is 6.04 Å². The normalized spacial score (nSPS) is 12.6. The van der Waals surface area contributed by atoms with Crippen molar-refractivity contribution in [2.75, 3.05) is 6.54 Å². The van der Waals surface area contributed by atoms with Gasteiger partial charge in [-0.3, -0.25) is 0 Å². The molecular formula is C14H18ClN3. The summed E-state index contributed by atoms with van der Waals surface area (Å²) >= 11 is 5.90. The van der Waals surface area contributed by atoms with Gasteiger partial charge in [-0.15, -0.1) is 0 Å². The lowest BCUT2D eigenvalue weighted by Gasteiger charge is -2.17. The zero-order valence-electron chi connectivity index (χ0n) is 10.5. The first-order chi connectivity index (χ1) is 8.79. The molecule has 0 amide bonds. The molecular weight excluding hydrogens is 246 g/mol. The van der Waals surface area contributed by atoms with Crippen LogP contribution >= 0.6 is 11.6 Å². The number of H-pyrrole nitrogens is 1. The number of hydrogen-bond donors (Lipinski definition) is 2. The van der Waals surface area contributed by atoms with Crippen LogP contribution in [0.2, 0.25) is 5.02 Å². The van der Waals surface area contributed by atoms with Crippen LogP contribution in [0.15, 0.2) is 36.8 Å². The summed E-state index contributed by atoms with van der Waals surface area (Å²) in [6, 6.07) is 8.43. The third kappa shape index (κ3) is 3.59. The summed E-state index contributed by atoms with van der Waals surface area (Å²) in [6.45, 7) is 3.12. The topological polar surface area (TPSA) is 40.7 Å². The zero-order chi connectivity index (χ0) is 12.8. The van der Waals surface area contributed by atoms with Crippen molar-refractivity contribution in [2.45, 2.75) is 25.8 Å². The van der Waals surface area contributed by atoms with E-state index in [-0.39, 0.29) is 0 Å². The van der Waals surface area contributed by atoms with Crippen molar-refractivity contribution in [1.82, 2.24) is 15.3 Å². The van der Waals surface area contributed by atoms with E-state index in [4.69, 9.17) is 11.6 Å². The number of benzene rings is 1. The first kappa shape index (κ1) is 13.1. The van der Waals surface area contributed by atoms with Crippen LogP contribution in [0.5, 0.6) is 0 Å². The Morgan fingerprint density at radius 1 is 1.33 bits per heavy atom. The number of halogens is 1. The lowest BCUT2D eigenvalue weighted by atomic mass is 10.0. The highest BCUT2D eigenvalue weighted by Crippen LogP contribution is 2.18. The summed E-state index contributed by atoms with van der Waals surface area (Å²) in [5, 5.41) is 4.34. The molecule has 0 spiro atoms. The van der Waals surface area contributed by atoms with Gasteiger partial charge in [-0.1, -0.05) is 30.7 Å². The van der Waals surface area contributed by atoms with Gasteiger partial charge in [0.05, 0.1) is 6.33 Å². The quantitative estimate of drug-likeness (QED) is 0.839. The Kier molecular flexibility index (Phi) is 4.79. The molecule has 0 bridgehead atoms. The SMILES string of the molecule is CCC(NCCc1cnc[nH]1)c1ccc(Cl)cc1. The molecule has 0 radical (unpaired) electrons. The van der Waals surface area contributed by atoms with Gasteiger partial charge in [-0.25, -0.2) is 4.98 Å². The number of rotatable bonds is 6. The second-order valence-electron chi connectivity index (χ2n) is 4.29. The fourth-order valence-electron chi connectivity index (χ4n) is 2.00. The molecule has 1 unspecified atom stereocenters. The third-order valence-corrected chi connectivity index (χ3v) is 3.27. The molecule has 0 saturated carbocycles. The van der Waals surface area contributed by atoms with Crippen molar-refractivity contribution in [3.63, 3.8) is 0 Å². The van der Waals surface area contributed by atoms with E-state index < -0.39 is 0 Å². The predicted octanol–water partition coefficient (Wildman–Crippen LogP) is 3.35. The van der Waals surface area contributed by atoms with Crippen LogP contribution < -0.4 is 5.32 Å². The minimum absolute atomic E-state index is 0.380. The van der Waals surface area contributed by atoms with Gasteiger partial charge in [-0.2, -0.15) is 0 Å². The van der Waals surface area contributed by atoms with Gasteiger partial charge in [0.1, 0.15) is 0 Å². The van der Waals surface area contributed by atoms with Gasteiger partial charge in [-0.05, 0) is 24.1 Å². The van der Waals surface area contributed by atoms with Gasteiger partial charge < -0.3 is 10.3 Å². The van der Waals surface area contributed by atoms with E-state index in [1.54, 1.807) is 6.33 Å². The zero-order valence-corrected chi connectivity index (χ0v) is 11.2. The Bertz CT molecular complexity index is 450. The van der Waals surface area contributed by atoms with Crippen LogP contribution in [-0.2, 0) is 6.42 Å². The Morgan fingerprint density at radius 2 is 2.11 bits per heavy atom. The summed E-state index contributed by atoms with van der Waals surface area (Å²) in [7, 11) is 0. The van der Waals surface area contributed by atoms with Gasteiger partial charge >= 0.3 is 0 Å². The maximum absolute atomic E-state index is 5.90. The van der Waals surface area contributed by atoms with E-state index in [9.17, 15) is 0 Å². The predicted molar refractivity (Wildman–Crippen MR) is 74.8 cm³/mol. The molecule has 4 heteroatoms. The van der Waals surface area contributed by atoms with Crippen LogP contribution in [0.1, 0.15) is 30.6 Å². The second kappa shape index (κ2) is 6.57. The fraction of sp³-hybridized carbons (Fsp3) is 0.357. The number of nitrogens with one attached hydrogen (secondary N) is 2. The van der Waals surface area contributed by atoms with Crippen molar-refractivity contribution in [3.05, 3.63) is 53.1 Å². The lowest BCUT2D eigenvalue weighted by molar-refractivity contribution is 0.521. The van der Waals surface area contributed by atoms with E-state index in [0.717, 1.165) is 30.1 Å². The highest BCUT2D eigenvalue weighted by atomic mass is 35.5. The molecule has 2 aromatic rings. The Hall–Kier alpha value is -1.32. The molecule has 2 rings (SSSR count). The Morgan fingerprint density at radius 3 is 2.72 bits per heavy atom.